The summed E-state index contributed by atoms with van der Waals surface area (Å²) >= 11 is 0. The molecule has 0 aliphatic carbocycles. The smallest absolute Gasteiger partial charge is 0.338 e. The molecular weight excluding hydrogens is 250 g/mol. The summed E-state index contributed by atoms with van der Waals surface area (Å²) in [5.41, 5.74) is 0.646. The number of piperidine rings is 1. The van der Waals surface area contributed by atoms with Crippen molar-refractivity contribution in [1.82, 2.24) is 4.90 Å². The third kappa shape index (κ3) is 3.04. The van der Waals surface area contributed by atoms with Crippen molar-refractivity contribution in [3.05, 3.63) is 35.9 Å². The molecule has 3 nitrogen and oxygen atoms in total. The summed E-state index contributed by atoms with van der Waals surface area (Å²) in [5, 5.41) is 0. The van der Waals surface area contributed by atoms with Gasteiger partial charge in [-0.1, -0.05) is 12.1 Å². The van der Waals surface area contributed by atoms with Gasteiger partial charge in [-0.3, -0.25) is 4.90 Å². The number of carbonyl (C=O) groups is 1. The minimum absolute atomic E-state index is 0.0250. The van der Waals surface area contributed by atoms with Crippen LogP contribution in [0.25, 0.3) is 0 Å². The van der Waals surface area contributed by atoms with Crippen molar-refractivity contribution < 1.29 is 9.53 Å². The second kappa shape index (κ2) is 5.21. The van der Waals surface area contributed by atoms with E-state index >= 15 is 0 Å². The molecule has 1 aromatic rings. The van der Waals surface area contributed by atoms with Gasteiger partial charge < -0.3 is 4.74 Å². The quantitative estimate of drug-likeness (QED) is 0.775. The van der Waals surface area contributed by atoms with Crippen LogP contribution >= 0.6 is 0 Å². The fourth-order valence-corrected chi connectivity index (χ4v) is 3.11. The number of carbonyl (C=O) groups excluding carboxylic acids is 1. The van der Waals surface area contributed by atoms with Crippen LogP contribution in [0.1, 0.15) is 50.9 Å². The molecule has 0 saturated carbocycles. The monoisotopic (exact) mass is 274 g/mol. The molecule has 109 valence electrons. The number of esters is 1. The third-order valence-corrected chi connectivity index (χ3v) is 4.50. The zero-order chi connectivity index (χ0) is 15.0. The molecule has 0 N–H and O–H groups in total. The summed E-state index contributed by atoms with van der Waals surface area (Å²) in [6.07, 6.45) is 1.68. The standard InChI is InChI=1S/C17H24NO2/c1-16(2)11-14(12-17(3,4)18(16)5)20-15(19)13-9-7-6-8-10-13/h7-10,14H,11-12H2,1-5H3. The Balaban J connectivity index is 2.09. The summed E-state index contributed by atoms with van der Waals surface area (Å²) in [5.74, 6) is -0.236. The Morgan fingerprint density at radius 3 is 2.20 bits per heavy atom. The van der Waals surface area contributed by atoms with Crippen LogP contribution in [-0.2, 0) is 4.74 Å². The van der Waals surface area contributed by atoms with Crippen LogP contribution in [0, 0.1) is 6.07 Å². The van der Waals surface area contributed by atoms with Gasteiger partial charge in [0.05, 0.1) is 5.56 Å². The molecule has 1 heterocycles. The number of nitrogens with zero attached hydrogens (tertiary/aromatic N) is 1. The molecule has 2 rings (SSSR count). The van der Waals surface area contributed by atoms with E-state index < -0.39 is 0 Å². The molecule has 0 unspecified atom stereocenters. The normalized spacial score (nSPS) is 22.4. The van der Waals surface area contributed by atoms with Crippen molar-refractivity contribution in [2.45, 2.75) is 57.7 Å². The Labute approximate surface area is 121 Å². The second-order valence-corrected chi connectivity index (χ2v) is 6.91. The summed E-state index contributed by atoms with van der Waals surface area (Å²) in [4.78, 5) is 14.5. The van der Waals surface area contributed by atoms with Crippen molar-refractivity contribution in [1.29, 1.82) is 0 Å². The van der Waals surface area contributed by atoms with Gasteiger partial charge in [-0.25, -0.2) is 4.79 Å². The molecule has 20 heavy (non-hydrogen) atoms. The lowest BCUT2D eigenvalue weighted by Gasteiger charge is -2.53. The van der Waals surface area contributed by atoms with Crippen LogP contribution in [0.4, 0.5) is 0 Å². The van der Waals surface area contributed by atoms with E-state index in [0.29, 0.717) is 5.56 Å². The van der Waals surface area contributed by atoms with Crippen molar-refractivity contribution in [3.8, 4) is 0 Å². The Morgan fingerprint density at radius 1 is 1.20 bits per heavy atom. The zero-order valence-electron chi connectivity index (χ0n) is 13.1. The van der Waals surface area contributed by atoms with E-state index in [9.17, 15) is 4.79 Å². The van der Waals surface area contributed by atoms with Gasteiger partial charge in [-0.05, 0) is 52.9 Å². The lowest BCUT2D eigenvalue weighted by molar-refractivity contribution is -0.0732. The van der Waals surface area contributed by atoms with Crippen molar-refractivity contribution in [3.63, 3.8) is 0 Å². The largest absolute Gasteiger partial charge is 0.459 e. The topological polar surface area (TPSA) is 29.5 Å². The van der Waals surface area contributed by atoms with Gasteiger partial charge in [-0.2, -0.15) is 0 Å². The predicted octanol–water partition coefficient (Wildman–Crippen LogP) is 3.29. The molecule has 3 heteroatoms. The van der Waals surface area contributed by atoms with Crippen LogP contribution in [0.3, 0.4) is 0 Å². The number of hydrogen-bond donors (Lipinski definition) is 0. The van der Waals surface area contributed by atoms with Gasteiger partial charge in [0.2, 0.25) is 0 Å². The molecule has 1 fully saturated rings. The maximum atomic E-state index is 12.2. The van der Waals surface area contributed by atoms with Crippen LogP contribution in [-0.4, -0.2) is 35.1 Å². The highest BCUT2D eigenvalue weighted by molar-refractivity contribution is 5.89. The number of likely N-dealkylation sites (tertiary alicyclic amines) is 1. The van der Waals surface area contributed by atoms with Gasteiger partial charge >= 0.3 is 5.97 Å². The summed E-state index contributed by atoms with van der Waals surface area (Å²) in [6, 6.07) is 9.87. The highest BCUT2D eigenvalue weighted by atomic mass is 16.5. The van der Waals surface area contributed by atoms with Gasteiger partial charge in [0.1, 0.15) is 6.10 Å². The van der Waals surface area contributed by atoms with Gasteiger partial charge in [0, 0.05) is 23.9 Å². The van der Waals surface area contributed by atoms with E-state index in [0.717, 1.165) is 12.8 Å². The molecule has 1 aromatic carbocycles. The summed E-state index contributed by atoms with van der Waals surface area (Å²) in [6.45, 7) is 8.80. The Bertz CT molecular complexity index is 461. The average Bonchev–Trinajstić information content (AvgIpc) is 2.36. The van der Waals surface area contributed by atoms with E-state index in [-0.39, 0.29) is 23.2 Å². The Hall–Kier alpha value is -1.35. The number of benzene rings is 1. The van der Waals surface area contributed by atoms with E-state index in [1.165, 1.54) is 0 Å². The molecular formula is C17H24NO2. The number of hydrogen-bond acceptors (Lipinski definition) is 3. The summed E-state index contributed by atoms with van der Waals surface area (Å²) in [7, 11) is 2.14. The molecule has 0 aromatic heterocycles. The molecule has 1 aliphatic rings. The Kier molecular flexibility index (Phi) is 3.92. The van der Waals surface area contributed by atoms with Gasteiger partial charge in [0.25, 0.3) is 0 Å². The number of ether oxygens (including phenoxy) is 1. The third-order valence-electron chi connectivity index (χ3n) is 4.50. The van der Waals surface area contributed by atoms with Gasteiger partial charge in [0.15, 0.2) is 0 Å². The van der Waals surface area contributed by atoms with Crippen LogP contribution in [0.2, 0.25) is 0 Å². The lowest BCUT2D eigenvalue weighted by atomic mass is 9.79. The van der Waals surface area contributed by atoms with Gasteiger partial charge in [-0.15, -0.1) is 0 Å². The maximum absolute atomic E-state index is 12.2. The lowest BCUT2D eigenvalue weighted by Crippen LogP contribution is -2.60. The first-order valence-electron chi connectivity index (χ1n) is 7.13. The Morgan fingerprint density at radius 2 is 1.70 bits per heavy atom. The van der Waals surface area contributed by atoms with Crippen molar-refractivity contribution >= 4 is 5.97 Å². The molecule has 1 radical (unpaired) electrons. The average molecular weight is 274 g/mol. The molecule has 1 aliphatic heterocycles. The highest BCUT2D eigenvalue weighted by Gasteiger charge is 2.44. The highest BCUT2D eigenvalue weighted by Crippen LogP contribution is 2.38. The summed E-state index contributed by atoms with van der Waals surface area (Å²) < 4.78 is 5.72. The van der Waals surface area contributed by atoms with E-state index in [2.05, 4.69) is 45.7 Å². The molecule has 0 atom stereocenters. The first-order chi connectivity index (χ1) is 9.22. The zero-order valence-corrected chi connectivity index (χ0v) is 13.1. The van der Waals surface area contributed by atoms with Crippen LogP contribution in [0.5, 0.6) is 0 Å². The first-order valence-corrected chi connectivity index (χ1v) is 7.13. The van der Waals surface area contributed by atoms with Crippen LogP contribution < -0.4 is 0 Å². The van der Waals surface area contributed by atoms with Crippen molar-refractivity contribution in [2.24, 2.45) is 0 Å². The fraction of sp³-hybridized carbons (Fsp3) is 0.588. The van der Waals surface area contributed by atoms with E-state index in [4.69, 9.17) is 4.74 Å². The predicted molar refractivity (Wildman–Crippen MR) is 79.6 cm³/mol. The van der Waals surface area contributed by atoms with Crippen LogP contribution in [0.15, 0.2) is 24.3 Å². The number of rotatable bonds is 2. The molecule has 0 amide bonds. The molecule has 0 spiro atoms. The first kappa shape index (κ1) is 15.0. The maximum Gasteiger partial charge on any atom is 0.338 e. The minimum atomic E-state index is -0.236. The second-order valence-electron chi connectivity index (χ2n) is 6.91. The SMILES string of the molecule is CN1C(C)(C)CC(OC(=O)c2cc[c]cc2)CC1(C)C. The molecule has 0 bridgehead atoms. The van der Waals surface area contributed by atoms with Crippen molar-refractivity contribution in [2.75, 3.05) is 7.05 Å². The van der Waals surface area contributed by atoms with E-state index in [1.807, 2.05) is 0 Å². The fourth-order valence-electron chi connectivity index (χ4n) is 3.11. The minimum Gasteiger partial charge on any atom is -0.459 e. The molecule has 1 saturated heterocycles. The van der Waals surface area contributed by atoms with E-state index in [1.54, 1.807) is 24.3 Å².